The Bertz CT molecular complexity index is 1650. The van der Waals surface area contributed by atoms with E-state index in [0.717, 1.165) is 95.8 Å². The van der Waals surface area contributed by atoms with Crippen molar-refractivity contribution in [3.05, 3.63) is 0 Å². The number of hydrogen-bond acceptors (Lipinski definition) is 15. The first kappa shape index (κ1) is 83.1. The maximum atomic E-state index is 13.0. The fourth-order valence-corrected chi connectivity index (χ4v) is 11.5. The lowest BCUT2D eigenvalue weighted by molar-refractivity contribution is -0.161. The van der Waals surface area contributed by atoms with Crippen LogP contribution in [0.2, 0.25) is 0 Å². The zero-order valence-electron chi connectivity index (χ0n) is 54.7. The normalized spacial score (nSPS) is 14.2. The Labute approximate surface area is 517 Å². The smallest absolute Gasteiger partial charge is 0.462 e. The molecule has 0 aromatic carbocycles. The van der Waals surface area contributed by atoms with E-state index in [1.165, 1.54) is 161 Å². The van der Waals surface area contributed by atoms with Crippen molar-refractivity contribution in [3.63, 3.8) is 0 Å². The van der Waals surface area contributed by atoms with Crippen LogP contribution < -0.4 is 0 Å². The van der Waals surface area contributed by atoms with Crippen LogP contribution in [0, 0.1) is 5.92 Å². The van der Waals surface area contributed by atoms with Crippen molar-refractivity contribution >= 4 is 39.5 Å². The van der Waals surface area contributed by atoms with Gasteiger partial charge in [-0.3, -0.25) is 37.3 Å². The molecule has 0 aromatic rings. The minimum absolute atomic E-state index is 0.107. The Balaban J connectivity index is 5.23. The maximum Gasteiger partial charge on any atom is 0.472 e. The Morgan fingerprint density at radius 2 is 0.541 bits per heavy atom. The monoisotopic (exact) mass is 1250 g/mol. The van der Waals surface area contributed by atoms with E-state index in [9.17, 15) is 43.2 Å². The van der Waals surface area contributed by atoms with Gasteiger partial charge < -0.3 is 33.8 Å². The van der Waals surface area contributed by atoms with Crippen molar-refractivity contribution in [2.75, 3.05) is 39.6 Å². The van der Waals surface area contributed by atoms with Gasteiger partial charge in [-0.25, -0.2) is 9.13 Å². The molecule has 17 nitrogen and oxygen atoms in total. The molecule has 0 amide bonds. The van der Waals surface area contributed by atoms with E-state index < -0.39 is 97.5 Å². The van der Waals surface area contributed by atoms with Crippen LogP contribution in [0.25, 0.3) is 0 Å². The molecule has 5 atom stereocenters. The summed E-state index contributed by atoms with van der Waals surface area (Å²) in [5, 5.41) is 10.5. The quantitative estimate of drug-likeness (QED) is 0.0222. The molecule has 0 aliphatic heterocycles. The van der Waals surface area contributed by atoms with Gasteiger partial charge in [0.2, 0.25) is 0 Å². The predicted molar refractivity (Wildman–Crippen MR) is 340 cm³/mol. The zero-order valence-corrected chi connectivity index (χ0v) is 56.5. The molecule has 0 aromatic heterocycles. The third-order valence-corrected chi connectivity index (χ3v) is 17.2. The van der Waals surface area contributed by atoms with Gasteiger partial charge in [0.05, 0.1) is 26.4 Å². The summed E-state index contributed by atoms with van der Waals surface area (Å²) in [5.41, 5.74) is 0. The molecule has 504 valence electrons. The maximum absolute atomic E-state index is 13.0. The van der Waals surface area contributed by atoms with Gasteiger partial charge in [-0.1, -0.05) is 285 Å². The van der Waals surface area contributed by atoms with Gasteiger partial charge in [-0.15, -0.1) is 0 Å². The molecule has 0 saturated carbocycles. The van der Waals surface area contributed by atoms with E-state index in [1.54, 1.807) is 0 Å². The van der Waals surface area contributed by atoms with Gasteiger partial charge in [0.15, 0.2) is 12.2 Å². The number of aliphatic hydroxyl groups excluding tert-OH is 1. The number of phosphoric ester groups is 2. The molecule has 0 heterocycles. The fraction of sp³-hybridized carbons (Fsp3) is 0.939. The van der Waals surface area contributed by atoms with Crippen molar-refractivity contribution in [1.82, 2.24) is 0 Å². The number of carbonyl (C=O) groups excluding carboxylic acids is 4. The van der Waals surface area contributed by atoms with Crippen molar-refractivity contribution in [3.8, 4) is 0 Å². The van der Waals surface area contributed by atoms with Gasteiger partial charge in [0.25, 0.3) is 0 Å². The van der Waals surface area contributed by atoms with E-state index >= 15 is 0 Å². The average molecular weight is 1260 g/mol. The van der Waals surface area contributed by atoms with Gasteiger partial charge in [0, 0.05) is 25.7 Å². The molecule has 0 spiro atoms. The highest BCUT2D eigenvalue weighted by Crippen LogP contribution is 2.45. The molecule has 19 heteroatoms. The third-order valence-electron chi connectivity index (χ3n) is 15.3. The van der Waals surface area contributed by atoms with Gasteiger partial charge in [0.1, 0.15) is 19.3 Å². The Morgan fingerprint density at radius 3 is 0.800 bits per heavy atom. The van der Waals surface area contributed by atoms with Crippen LogP contribution in [0.4, 0.5) is 0 Å². The second kappa shape index (κ2) is 59.7. The predicted octanol–water partition coefficient (Wildman–Crippen LogP) is 18.6. The lowest BCUT2D eigenvalue weighted by Gasteiger charge is -2.21. The van der Waals surface area contributed by atoms with E-state index in [0.29, 0.717) is 25.7 Å². The average Bonchev–Trinajstić information content (AvgIpc) is 3.62. The summed E-state index contributed by atoms with van der Waals surface area (Å²) in [6.45, 7) is 7.17. The molecule has 85 heavy (non-hydrogen) atoms. The number of ether oxygens (including phenoxy) is 4. The number of unbranched alkanes of at least 4 members (excludes halogenated alkanes) is 38. The molecule has 0 aliphatic carbocycles. The SMILES string of the molecule is CCCCCCCCCCCCCCCCC(=O)O[C@H](COC(=O)CCCCCCCCCCC(C)C)COP(=O)(O)OC[C@@H](O)COP(=O)(O)OC[C@@H](COC(=O)CCCCCCCCCCCC)OC(=O)CCCCCCCCCCCC. The number of phosphoric acid groups is 2. The number of rotatable bonds is 66. The van der Waals surface area contributed by atoms with Crippen LogP contribution in [0.5, 0.6) is 0 Å². The number of aliphatic hydroxyl groups is 1. The van der Waals surface area contributed by atoms with Crippen LogP contribution >= 0.6 is 15.6 Å². The molecule has 0 rings (SSSR count). The van der Waals surface area contributed by atoms with E-state index in [2.05, 4.69) is 34.6 Å². The summed E-state index contributed by atoms with van der Waals surface area (Å²) in [5.74, 6) is -1.40. The summed E-state index contributed by atoms with van der Waals surface area (Å²) in [6, 6.07) is 0. The number of esters is 4. The van der Waals surface area contributed by atoms with Gasteiger partial charge >= 0.3 is 39.5 Å². The molecule has 0 radical (unpaired) electrons. The number of carbonyl (C=O) groups is 4. The van der Waals surface area contributed by atoms with Gasteiger partial charge in [-0.2, -0.15) is 0 Å². The molecule has 0 fully saturated rings. The third kappa shape index (κ3) is 60.7. The van der Waals surface area contributed by atoms with Crippen LogP contribution in [0.1, 0.15) is 336 Å². The highest BCUT2D eigenvalue weighted by Gasteiger charge is 2.30. The molecular weight excluding hydrogens is 1130 g/mol. The molecule has 2 unspecified atom stereocenters. The van der Waals surface area contributed by atoms with Crippen molar-refractivity contribution in [2.24, 2.45) is 5.92 Å². The zero-order chi connectivity index (χ0) is 62.8. The lowest BCUT2D eigenvalue weighted by atomic mass is 10.0. The fourth-order valence-electron chi connectivity index (χ4n) is 9.94. The van der Waals surface area contributed by atoms with Crippen molar-refractivity contribution < 1.29 is 80.2 Å². The Kier molecular flexibility index (Phi) is 58.3. The first-order valence-electron chi connectivity index (χ1n) is 34.6. The Morgan fingerprint density at radius 1 is 0.318 bits per heavy atom. The van der Waals surface area contributed by atoms with Crippen molar-refractivity contribution in [2.45, 2.75) is 355 Å². The largest absolute Gasteiger partial charge is 0.472 e. The van der Waals surface area contributed by atoms with Crippen molar-refractivity contribution in [1.29, 1.82) is 0 Å². The highest BCUT2D eigenvalue weighted by atomic mass is 31.2. The van der Waals surface area contributed by atoms with E-state index in [4.69, 9.17) is 37.0 Å². The minimum atomic E-state index is -4.95. The molecular formula is C66H128O17P2. The first-order valence-corrected chi connectivity index (χ1v) is 37.6. The number of hydrogen-bond donors (Lipinski definition) is 3. The summed E-state index contributed by atoms with van der Waals surface area (Å²) in [7, 11) is -9.89. The van der Waals surface area contributed by atoms with E-state index in [-0.39, 0.29) is 25.7 Å². The summed E-state index contributed by atoms with van der Waals surface area (Å²) >= 11 is 0. The van der Waals surface area contributed by atoms with E-state index in [1.807, 2.05) is 0 Å². The van der Waals surface area contributed by atoms with Crippen LogP contribution in [-0.2, 0) is 65.4 Å². The topological polar surface area (TPSA) is 237 Å². The lowest BCUT2D eigenvalue weighted by Crippen LogP contribution is -2.30. The van der Waals surface area contributed by atoms with Crippen LogP contribution in [-0.4, -0.2) is 96.7 Å². The first-order chi connectivity index (χ1) is 41.0. The minimum Gasteiger partial charge on any atom is -0.462 e. The standard InChI is InChI=1S/C66H128O17P2/c1-6-9-12-15-18-21-24-25-26-27-30-37-42-47-52-66(71)83-62(56-77-64(69)50-45-40-35-32-31-33-38-43-48-59(4)5)58-81-85(74,75)79-54-60(67)53-78-84(72,73)80-57-61(82-65(70)51-46-41-36-29-23-20-17-14-11-8-3)55-76-63(68)49-44-39-34-28-22-19-16-13-10-7-2/h59-62,67H,6-58H2,1-5H3,(H,72,73)(H,74,75)/t60-,61+,62+/m0/s1. The Hall–Kier alpha value is -1.94. The van der Waals surface area contributed by atoms with Gasteiger partial charge in [-0.05, 0) is 31.6 Å². The molecule has 0 bridgehead atoms. The molecule has 0 saturated heterocycles. The van der Waals surface area contributed by atoms with Crippen LogP contribution in [0.3, 0.4) is 0 Å². The van der Waals surface area contributed by atoms with Crippen LogP contribution in [0.15, 0.2) is 0 Å². The second-order valence-corrected chi connectivity index (χ2v) is 27.2. The second-order valence-electron chi connectivity index (χ2n) is 24.3. The highest BCUT2D eigenvalue weighted by molar-refractivity contribution is 7.47. The summed E-state index contributed by atoms with van der Waals surface area (Å²) < 4.78 is 68.1. The summed E-state index contributed by atoms with van der Waals surface area (Å²) in [4.78, 5) is 72.3. The summed E-state index contributed by atoms with van der Waals surface area (Å²) in [6.07, 6.45) is 44.3. The molecule has 0 aliphatic rings. The molecule has 3 N–H and O–H groups in total.